The number of imidazole rings is 1. The second kappa shape index (κ2) is 11.2. The average Bonchev–Trinajstić information content (AvgIpc) is 3.70. The largest absolute Gasteiger partial charge is 0.417 e. The topological polar surface area (TPSA) is 109 Å². The Balaban J connectivity index is 1.37. The lowest BCUT2D eigenvalue weighted by molar-refractivity contribution is -0.137. The smallest absolute Gasteiger partial charge is 0.344 e. The Labute approximate surface area is 253 Å². The number of Topliss-reactive ketones (excluding diaryl/α,β-unsaturated/α-hetero) is 1. The van der Waals surface area contributed by atoms with Crippen LogP contribution in [-0.4, -0.2) is 32.1 Å². The summed E-state index contributed by atoms with van der Waals surface area (Å²) in [6.07, 6.45) is -1.14. The van der Waals surface area contributed by atoms with Crippen molar-refractivity contribution >= 4 is 57.2 Å². The molecule has 0 bridgehead atoms. The van der Waals surface area contributed by atoms with Crippen molar-refractivity contribution < 1.29 is 27.6 Å². The number of halogens is 4. The number of anilines is 2. The van der Waals surface area contributed by atoms with Crippen LogP contribution in [0.25, 0.3) is 16.6 Å². The van der Waals surface area contributed by atoms with Crippen molar-refractivity contribution in [3.8, 4) is 0 Å². The fourth-order valence-corrected chi connectivity index (χ4v) is 5.35. The number of nitrogens with zero attached hydrogens (tertiary/aromatic N) is 2. The first-order valence-electron chi connectivity index (χ1n) is 13.4. The highest BCUT2D eigenvalue weighted by atomic mass is 35.5. The lowest BCUT2D eigenvalue weighted by Gasteiger charge is -2.14. The van der Waals surface area contributed by atoms with Crippen LogP contribution < -0.4 is 10.6 Å². The second-order valence-corrected chi connectivity index (χ2v) is 10.6. The molecular weight excluding hydrogens is 595 g/mol. The van der Waals surface area contributed by atoms with Gasteiger partial charge in [0.2, 0.25) is 0 Å². The van der Waals surface area contributed by atoms with E-state index in [1.807, 2.05) is 29.0 Å². The predicted molar refractivity (Wildman–Crippen MR) is 161 cm³/mol. The molecule has 1 aliphatic rings. The quantitative estimate of drug-likeness (QED) is 0.182. The van der Waals surface area contributed by atoms with Crippen molar-refractivity contribution in [3.63, 3.8) is 0 Å². The van der Waals surface area contributed by atoms with E-state index in [0.29, 0.717) is 33.9 Å². The van der Waals surface area contributed by atoms with Crippen LogP contribution in [-0.2, 0) is 23.9 Å². The number of hydrogen-bond donors (Lipinski definition) is 3. The van der Waals surface area contributed by atoms with Crippen LogP contribution in [0.15, 0.2) is 79.0 Å². The van der Waals surface area contributed by atoms with Crippen LogP contribution in [0.2, 0.25) is 5.02 Å². The maximum Gasteiger partial charge on any atom is 0.417 e. The van der Waals surface area contributed by atoms with Crippen molar-refractivity contribution in [1.29, 1.82) is 0 Å². The molecule has 0 saturated carbocycles. The normalized spacial score (nSPS) is 12.6. The molecule has 0 unspecified atom stereocenters. The molecule has 2 amide bonds. The molecule has 0 spiro atoms. The highest BCUT2D eigenvalue weighted by molar-refractivity contribution is 6.32. The molecule has 5 aromatic rings. The summed E-state index contributed by atoms with van der Waals surface area (Å²) in [6.45, 7) is 2.31. The summed E-state index contributed by atoms with van der Waals surface area (Å²) in [7, 11) is 0. The molecule has 0 saturated heterocycles. The molecule has 44 heavy (non-hydrogen) atoms. The lowest BCUT2D eigenvalue weighted by Crippen LogP contribution is -2.19. The average molecular weight is 618 g/mol. The van der Waals surface area contributed by atoms with Crippen LogP contribution in [0.5, 0.6) is 0 Å². The number of rotatable bonds is 7. The standard InChI is InChI=1S/C32H23ClF3N5O3/c1-17-23(33)8-4-9-24(17)39-31(44)21-14-18(37-30(43)19-6-2-3-7-22(19)32(34,35)36)15-25-29(21)40-28(38-25)16-27(42)20-11-13-41-12-5-10-26(20)41/h2-12,14-15H,13,16H2,1H3,(H,37,43)(H,38,40)(H,39,44). The number of nitrogens with one attached hydrogen (secondary N) is 3. The minimum absolute atomic E-state index is 0.0187. The molecule has 1 aliphatic heterocycles. The number of fused-ring (bicyclic) bond motifs is 2. The zero-order chi connectivity index (χ0) is 31.2. The minimum Gasteiger partial charge on any atom is -0.344 e. The van der Waals surface area contributed by atoms with Crippen LogP contribution in [0.4, 0.5) is 24.5 Å². The van der Waals surface area contributed by atoms with Gasteiger partial charge >= 0.3 is 6.18 Å². The van der Waals surface area contributed by atoms with Gasteiger partial charge in [0, 0.05) is 34.7 Å². The van der Waals surface area contributed by atoms with E-state index in [1.54, 1.807) is 25.1 Å². The van der Waals surface area contributed by atoms with E-state index in [9.17, 15) is 27.6 Å². The van der Waals surface area contributed by atoms with E-state index in [0.717, 1.165) is 17.8 Å². The van der Waals surface area contributed by atoms with Gasteiger partial charge in [-0.25, -0.2) is 4.98 Å². The van der Waals surface area contributed by atoms with E-state index < -0.39 is 29.1 Å². The van der Waals surface area contributed by atoms with Crippen molar-refractivity contribution in [1.82, 2.24) is 14.5 Å². The molecule has 222 valence electrons. The molecule has 3 aromatic carbocycles. The summed E-state index contributed by atoms with van der Waals surface area (Å²) in [5.74, 6) is -1.53. The molecule has 3 heterocycles. The van der Waals surface area contributed by atoms with Gasteiger partial charge in [-0.15, -0.1) is 0 Å². The Morgan fingerprint density at radius 1 is 0.977 bits per heavy atom. The molecule has 0 aliphatic carbocycles. The fourth-order valence-electron chi connectivity index (χ4n) is 5.17. The maximum absolute atomic E-state index is 13.6. The van der Waals surface area contributed by atoms with Crippen molar-refractivity contribution in [2.45, 2.75) is 26.1 Å². The molecule has 8 nitrogen and oxygen atoms in total. The number of amides is 2. The highest BCUT2D eigenvalue weighted by Gasteiger charge is 2.35. The van der Waals surface area contributed by atoms with Gasteiger partial charge in [0.25, 0.3) is 11.8 Å². The van der Waals surface area contributed by atoms with Gasteiger partial charge in [-0.1, -0.05) is 35.9 Å². The Morgan fingerprint density at radius 2 is 1.75 bits per heavy atom. The van der Waals surface area contributed by atoms with Gasteiger partial charge in [-0.2, -0.15) is 13.2 Å². The van der Waals surface area contributed by atoms with Crippen LogP contribution >= 0.6 is 11.6 Å². The first-order valence-corrected chi connectivity index (χ1v) is 13.8. The summed E-state index contributed by atoms with van der Waals surface area (Å²) >= 11 is 6.22. The first kappa shape index (κ1) is 28.9. The van der Waals surface area contributed by atoms with E-state index >= 15 is 0 Å². The summed E-state index contributed by atoms with van der Waals surface area (Å²) in [5.41, 5.74) is 1.31. The van der Waals surface area contributed by atoms with Gasteiger partial charge in [0.15, 0.2) is 5.78 Å². The molecule has 0 fully saturated rings. The van der Waals surface area contributed by atoms with Crippen LogP contribution in [0.3, 0.4) is 0 Å². The third-order valence-corrected chi connectivity index (χ3v) is 7.77. The number of benzene rings is 3. The summed E-state index contributed by atoms with van der Waals surface area (Å²) in [5, 5.41) is 5.70. The highest BCUT2D eigenvalue weighted by Crippen LogP contribution is 2.33. The zero-order valence-electron chi connectivity index (χ0n) is 23.1. The lowest BCUT2D eigenvalue weighted by atomic mass is 10.1. The Bertz CT molecular complexity index is 2010. The number of hydrogen-bond acceptors (Lipinski definition) is 4. The summed E-state index contributed by atoms with van der Waals surface area (Å²) in [6, 6.07) is 15.9. The number of aromatic nitrogens is 3. The van der Waals surface area contributed by atoms with Crippen molar-refractivity contribution in [2.24, 2.45) is 0 Å². The Morgan fingerprint density at radius 3 is 2.55 bits per heavy atom. The molecule has 3 N–H and O–H groups in total. The molecule has 2 aromatic heterocycles. The minimum atomic E-state index is -4.75. The fraction of sp³-hybridized carbons (Fsp3) is 0.125. The van der Waals surface area contributed by atoms with Gasteiger partial charge in [-0.3, -0.25) is 14.4 Å². The Kier molecular flexibility index (Phi) is 7.34. The van der Waals surface area contributed by atoms with Gasteiger partial charge in [0.1, 0.15) is 11.3 Å². The third-order valence-electron chi connectivity index (χ3n) is 7.36. The number of aromatic amines is 1. The third kappa shape index (κ3) is 5.49. The number of alkyl halides is 3. The number of ketones is 1. The monoisotopic (exact) mass is 617 g/mol. The van der Waals surface area contributed by atoms with E-state index in [1.165, 1.54) is 24.3 Å². The maximum atomic E-state index is 13.6. The zero-order valence-corrected chi connectivity index (χ0v) is 23.8. The van der Waals surface area contributed by atoms with Crippen molar-refractivity contribution in [3.05, 3.63) is 118 Å². The Hall–Kier alpha value is -5.16. The molecule has 0 radical (unpaired) electrons. The van der Waals surface area contributed by atoms with Crippen LogP contribution in [0, 0.1) is 6.92 Å². The predicted octanol–water partition coefficient (Wildman–Crippen LogP) is 7.06. The summed E-state index contributed by atoms with van der Waals surface area (Å²) in [4.78, 5) is 47.4. The van der Waals surface area contributed by atoms with Gasteiger partial charge < -0.3 is 20.2 Å². The summed E-state index contributed by atoms with van der Waals surface area (Å²) < 4.78 is 42.7. The first-order chi connectivity index (χ1) is 21.0. The van der Waals surface area contributed by atoms with Gasteiger partial charge in [0.05, 0.1) is 34.3 Å². The molecule has 12 heteroatoms. The molecule has 0 atom stereocenters. The van der Waals surface area contributed by atoms with Crippen LogP contribution in [0.1, 0.15) is 43.4 Å². The van der Waals surface area contributed by atoms with E-state index in [4.69, 9.17) is 11.6 Å². The number of carbonyl (C=O) groups is 3. The van der Waals surface area contributed by atoms with E-state index in [2.05, 4.69) is 20.6 Å². The SMILES string of the molecule is Cc1c(Cl)cccc1NC(=O)c1cc(NC(=O)c2ccccc2C(F)(F)F)cc2[nH]c(CC(=O)C3=CCn4cccc43)nc12. The van der Waals surface area contributed by atoms with E-state index in [-0.39, 0.29) is 34.8 Å². The number of carbonyl (C=O) groups excluding carboxylic acids is 3. The molecular formula is C32H23ClF3N5O3. The van der Waals surface area contributed by atoms with Gasteiger partial charge in [-0.05, 0) is 61.0 Å². The van der Waals surface area contributed by atoms with Crippen molar-refractivity contribution in [2.75, 3.05) is 10.6 Å². The number of allylic oxidation sites excluding steroid dienone is 2. The number of H-pyrrole nitrogens is 1. The second-order valence-electron chi connectivity index (χ2n) is 10.2. The molecule has 6 rings (SSSR count).